The van der Waals surface area contributed by atoms with Crippen LogP contribution in [0.15, 0.2) is 6.20 Å². The second-order valence-electron chi connectivity index (χ2n) is 7.28. The summed E-state index contributed by atoms with van der Waals surface area (Å²) in [4.78, 5) is 8.77. The van der Waals surface area contributed by atoms with Crippen molar-refractivity contribution in [3.63, 3.8) is 0 Å². The van der Waals surface area contributed by atoms with Crippen molar-refractivity contribution < 1.29 is 9.31 Å². The molecule has 0 radical (unpaired) electrons. The summed E-state index contributed by atoms with van der Waals surface area (Å²) in [6.45, 7) is 14.2. The summed E-state index contributed by atoms with van der Waals surface area (Å²) >= 11 is 6.29. The van der Waals surface area contributed by atoms with Gasteiger partial charge in [-0.25, -0.2) is 9.97 Å². The van der Waals surface area contributed by atoms with Gasteiger partial charge in [0.2, 0.25) is 0 Å². The third kappa shape index (κ3) is 2.71. The highest BCUT2D eigenvalue weighted by Crippen LogP contribution is 2.36. The van der Waals surface area contributed by atoms with Crippen molar-refractivity contribution in [1.29, 1.82) is 0 Å². The molecule has 0 saturated carbocycles. The Labute approximate surface area is 126 Å². The number of halogens is 1. The molecule has 0 aromatic carbocycles. The third-order valence-electron chi connectivity index (χ3n) is 3.95. The largest absolute Gasteiger partial charge is 0.499 e. The van der Waals surface area contributed by atoms with Crippen molar-refractivity contribution in [3.05, 3.63) is 17.2 Å². The van der Waals surface area contributed by atoms with Crippen LogP contribution in [0.2, 0.25) is 5.15 Å². The maximum atomic E-state index is 6.29. The maximum absolute atomic E-state index is 6.29. The molecule has 2 rings (SSSR count). The average Bonchev–Trinajstić information content (AvgIpc) is 2.46. The van der Waals surface area contributed by atoms with Gasteiger partial charge in [-0.3, -0.25) is 0 Å². The van der Waals surface area contributed by atoms with E-state index in [0.717, 1.165) is 0 Å². The van der Waals surface area contributed by atoms with Crippen LogP contribution < -0.4 is 5.46 Å². The van der Waals surface area contributed by atoms with Crippen LogP contribution in [0.3, 0.4) is 0 Å². The predicted molar refractivity (Wildman–Crippen MR) is 81.5 cm³/mol. The Morgan fingerprint density at radius 1 is 1.10 bits per heavy atom. The molecule has 4 nitrogen and oxygen atoms in total. The van der Waals surface area contributed by atoms with Gasteiger partial charge in [0, 0.05) is 17.1 Å². The van der Waals surface area contributed by atoms with Crippen LogP contribution in [0.1, 0.15) is 54.3 Å². The fourth-order valence-electron chi connectivity index (χ4n) is 1.86. The highest BCUT2D eigenvalue weighted by molar-refractivity contribution is 6.65. The van der Waals surface area contributed by atoms with E-state index in [9.17, 15) is 0 Å². The molecule has 1 aromatic rings. The van der Waals surface area contributed by atoms with Gasteiger partial charge >= 0.3 is 7.12 Å². The van der Waals surface area contributed by atoms with Gasteiger partial charge in [-0.1, -0.05) is 32.4 Å². The van der Waals surface area contributed by atoms with E-state index in [1.54, 1.807) is 6.20 Å². The quantitative estimate of drug-likeness (QED) is 0.590. The van der Waals surface area contributed by atoms with Crippen LogP contribution in [-0.2, 0) is 14.7 Å². The molecular formula is C14H22BClN2O2. The first-order valence-corrected chi connectivity index (χ1v) is 7.20. The van der Waals surface area contributed by atoms with E-state index in [1.807, 2.05) is 48.5 Å². The molecule has 20 heavy (non-hydrogen) atoms. The van der Waals surface area contributed by atoms with E-state index in [2.05, 4.69) is 9.97 Å². The van der Waals surface area contributed by atoms with Crippen molar-refractivity contribution in [2.75, 3.05) is 0 Å². The van der Waals surface area contributed by atoms with E-state index in [1.165, 1.54) is 0 Å². The summed E-state index contributed by atoms with van der Waals surface area (Å²) in [5.41, 5.74) is -0.260. The van der Waals surface area contributed by atoms with Crippen LogP contribution >= 0.6 is 11.6 Å². The molecule has 1 aliphatic rings. The molecule has 1 saturated heterocycles. The molecule has 110 valence electrons. The van der Waals surface area contributed by atoms with E-state index >= 15 is 0 Å². The zero-order valence-electron chi connectivity index (χ0n) is 13.2. The molecule has 0 N–H and O–H groups in total. The Hall–Kier alpha value is -0.645. The lowest BCUT2D eigenvalue weighted by molar-refractivity contribution is 0.00578. The minimum atomic E-state index is -0.526. The molecule has 0 unspecified atom stereocenters. The molecule has 2 heterocycles. The van der Waals surface area contributed by atoms with Gasteiger partial charge in [0.25, 0.3) is 0 Å². The Morgan fingerprint density at radius 3 is 2.00 bits per heavy atom. The first-order chi connectivity index (χ1) is 8.94. The van der Waals surface area contributed by atoms with Gasteiger partial charge in [-0.15, -0.1) is 0 Å². The molecule has 0 aliphatic carbocycles. The molecule has 6 heteroatoms. The van der Waals surface area contributed by atoms with Gasteiger partial charge in [0.15, 0.2) is 0 Å². The summed E-state index contributed by atoms with van der Waals surface area (Å²) in [6, 6.07) is 0. The van der Waals surface area contributed by atoms with E-state index in [0.29, 0.717) is 16.4 Å². The minimum absolute atomic E-state index is 0.141. The van der Waals surface area contributed by atoms with Gasteiger partial charge in [0.1, 0.15) is 11.0 Å². The summed E-state index contributed by atoms with van der Waals surface area (Å²) in [7, 11) is -0.526. The van der Waals surface area contributed by atoms with Crippen LogP contribution in [0.4, 0.5) is 0 Å². The highest BCUT2D eigenvalue weighted by Gasteiger charge is 2.52. The normalized spacial score (nSPS) is 21.3. The lowest BCUT2D eigenvalue weighted by Gasteiger charge is -2.32. The second-order valence-corrected chi connectivity index (χ2v) is 7.64. The fourth-order valence-corrected chi connectivity index (χ4v) is 2.08. The molecule has 0 spiro atoms. The Morgan fingerprint density at radius 2 is 1.60 bits per heavy atom. The van der Waals surface area contributed by atoms with Crippen LogP contribution in [0, 0.1) is 0 Å². The van der Waals surface area contributed by atoms with Gasteiger partial charge in [-0.2, -0.15) is 0 Å². The van der Waals surface area contributed by atoms with Crippen LogP contribution in [0.5, 0.6) is 0 Å². The van der Waals surface area contributed by atoms with Crippen molar-refractivity contribution >= 4 is 24.2 Å². The molecular weight excluding hydrogens is 274 g/mol. The molecule has 0 atom stereocenters. The first-order valence-electron chi connectivity index (χ1n) is 6.83. The molecule has 1 fully saturated rings. The van der Waals surface area contributed by atoms with Crippen LogP contribution in [0.25, 0.3) is 0 Å². The van der Waals surface area contributed by atoms with Crippen molar-refractivity contribution in [1.82, 2.24) is 9.97 Å². The van der Waals surface area contributed by atoms with E-state index < -0.39 is 18.3 Å². The topological polar surface area (TPSA) is 44.2 Å². The standard InChI is InChI=1S/C14H22BClN2O2/c1-12(2,3)11-17-8-9(10(16)18-11)15-19-13(4,5)14(6,7)20-15/h8H,1-7H3. The van der Waals surface area contributed by atoms with Gasteiger partial charge < -0.3 is 9.31 Å². The van der Waals surface area contributed by atoms with Crippen molar-refractivity contribution in [3.8, 4) is 0 Å². The Bertz CT molecular complexity index is 510. The monoisotopic (exact) mass is 296 g/mol. The lowest BCUT2D eigenvalue weighted by atomic mass is 9.81. The smallest absolute Gasteiger partial charge is 0.399 e. The average molecular weight is 297 g/mol. The lowest BCUT2D eigenvalue weighted by Crippen LogP contribution is -2.41. The number of rotatable bonds is 1. The predicted octanol–water partition coefficient (Wildman–Crippen LogP) is 2.73. The zero-order chi connectivity index (χ0) is 15.3. The summed E-state index contributed by atoms with van der Waals surface area (Å²) in [6.07, 6.45) is 1.71. The fraction of sp³-hybridized carbons (Fsp3) is 0.714. The molecule has 0 amide bonds. The molecule has 0 bridgehead atoms. The summed E-state index contributed by atoms with van der Waals surface area (Å²) < 4.78 is 11.9. The van der Waals surface area contributed by atoms with Gasteiger partial charge in [0.05, 0.1) is 11.2 Å². The highest BCUT2D eigenvalue weighted by atomic mass is 35.5. The number of hydrogen-bond donors (Lipinski definition) is 0. The molecule has 1 aromatic heterocycles. The van der Waals surface area contributed by atoms with Gasteiger partial charge in [-0.05, 0) is 27.7 Å². The maximum Gasteiger partial charge on any atom is 0.499 e. The number of hydrogen-bond acceptors (Lipinski definition) is 4. The third-order valence-corrected chi connectivity index (χ3v) is 4.25. The Balaban J connectivity index is 2.33. The SMILES string of the molecule is CC(C)(C)c1ncc(B2OC(C)(C)C(C)(C)O2)c(Cl)n1. The minimum Gasteiger partial charge on any atom is -0.399 e. The molecule has 1 aliphatic heterocycles. The second kappa shape index (κ2) is 4.68. The zero-order valence-corrected chi connectivity index (χ0v) is 14.0. The van der Waals surface area contributed by atoms with Crippen LogP contribution in [-0.4, -0.2) is 28.3 Å². The Kier molecular flexibility index (Phi) is 3.69. The van der Waals surface area contributed by atoms with E-state index in [4.69, 9.17) is 20.9 Å². The number of aromatic nitrogens is 2. The van der Waals surface area contributed by atoms with Crippen molar-refractivity contribution in [2.24, 2.45) is 0 Å². The summed E-state index contributed by atoms with van der Waals surface area (Å²) in [5.74, 6) is 0.711. The van der Waals surface area contributed by atoms with E-state index in [-0.39, 0.29) is 5.41 Å². The van der Waals surface area contributed by atoms with Crippen molar-refractivity contribution in [2.45, 2.75) is 65.1 Å². The number of nitrogens with zero attached hydrogens (tertiary/aromatic N) is 2. The summed E-state index contributed by atoms with van der Waals surface area (Å²) in [5, 5.41) is 0.392. The first kappa shape index (κ1) is 15.7.